The number of aliphatic hydroxyl groups is 1. The summed E-state index contributed by atoms with van der Waals surface area (Å²) < 4.78 is 38.8. The van der Waals surface area contributed by atoms with E-state index in [0.29, 0.717) is 29.1 Å². The summed E-state index contributed by atoms with van der Waals surface area (Å²) in [5.41, 5.74) is 1.15. The van der Waals surface area contributed by atoms with Crippen LogP contribution < -0.4 is 5.32 Å². The van der Waals surface area contributed by atoms with Gasteiger partial charge in [-0.1, -0.05) is 6.07 Å². The molecule has 1 fully saturated rings. The van der Waals surface area contributed by atoms with E-state index in [0.717, 1.165) is 50.3 Å². The lowest BCUT2D eigenvalue weighted by Crippen LogP contribution is -2.39. The number of anilines is 1. The monoisotopic (exact) mass is 367 g/mol. The van der Waals surface area contributed by atoms with Crippen LogP contribution in [0.25, 0.3) is 10.9 Å². The lowest BCUT2D eigenvalue weighted by molar-refractivity contribution is -0.137. The highest BCUT2D eigenvalue weighted by atomic mass is 19.4. The first kappa shape index (κ1) is 18.9. The first-order valence-corrected chi connectivity index (χ1v) is 8.92. The SMILES string of the molecule is Cc1cc(NCCN2CCCC(CO)C2)c2ccc(C(F)(F)F)cc2n1. The highest BCUT2D eigenvalue weighted by Gasteiger charge is 2.30. The largest absolute Gasteiger partial charge is 0.416 e. The summed E-state index contributed by atoms with van der Waals surface area (Å²) in [5.74, 6) is 0.341. The van der Waals surface area contributed by atoms with Gasteiger partial charge in [-0.05, 0) is 50.4 Å². The number of aliphatic hydroxyl groups excluding tert-OH is 1. The zero-order chi connectivity index (χ0) is 18.7. The van der Waals surface area contributed by atoms with Gasteiger partial charge in [-0.3, -0.25) is 4.98 Å². The number of nitrogens with zero attached hydrogens (tertiary/aromatic N) is 2. The third kappa shape index (κ3) is 4.45. The van der Waals surface area contributed by atoms with Crippen LogP contribution in [0.4, 0.5) is 18.9 Å². The summed E-state index contributed by atoms with van der Waals surface area (Å²) in [5, 5.41) is 13.3. The molecule has 26 heavy (non-hydrogen) atoms. The molecule has 1 aliphatic heterocycles. The Morgan fingerprint density at radius 1 is 1.31 bits per heavy atom. The number of rotatable bonds is 5. The van der Waals surface area contributed by atoms with Crippen LogP contribution in [-0.2, 0) is 6.18 Å². The second-order valence-corrected chi connectivity index (χ2v) is 6.96. The number of alkyl halides is 3. The van der Waals surface area contributed by atoms with E-state index in [9.17, 15) is 18.3 Å². The van der Waals surface area contributed by atoms with Gasteiger partial charge in [-0.2, -0.15) is 13.2 Å². The molecule has 0 bridgehead atoms. The number of hydrogen-bond donors (Lipinski definition) is 2. The highest BCUT2D eigenvalue weighted by molar-refractivity contribution is 5.92. The maximum Gasteiger partial charge on any atom is 0.416 e. The number of halogens is 3. The van der Waals surface area contributed by atoms with Crippen LogP contribution >= 0.6 is 0 Å². The van der Waals surface area contributed by atoms with E-state index in [2.05, 4.69) is 15.2 Å². The van der Waals surface area contributed by atoms with Crippen molar-refractivity contribution in [1.82, 2.24) is 9.88 Å². The average molecular weight is 367 g/mol. The van der Waals surface area contributed by atoms with Gasteiger partial charge in [0.25, 0.3) is 0 Å². The minimum Gasteiger partial charge on any atom is -0.396 e. The molecular formula is C19H24F3N3O. The van der Waals surface area contributed by atoms with E-state index < -0.39 is 11.7 Å². The Balaban J connectivity index is 1.71. The minimum absolute atomic E-state index is 0.222. The maximum absolute atomic E-state index is 12.9. The van der Waals surface area contributed by atoms with E-state index in [1.54, 1.807) is 6.92 Å². The number of pyridine rings is 1. The number of aromatic nitrogens is 1. The smallest absolute Gasteiger partial charge is 0.396 e. The fourth-order valence-corrected chi connectivity index (χ4v) is 3.54. The molecule has 1 atom stereocenters. The van der Waals surface area contributed by atoms with Crippen molar-refractivity contribution in [3.8, 4) is 0 Å². The molecule has 3 rings (SSSR count). The van der Waals surface area contributed by atoms with Crippen molar-refractivity contribution in [2.75, 3.05) is 38.1 Å². The van der Waals surface area contributed by atoms with Crippen LogP contribution in [0.2, 0.25) is 0 Å². The first-order valence-electron chi connectivity index (χ1n) is 8.92. The normalized spacial score (nSPS) is 19.0. The molecule has 142 valence electrons. The van der Waals surface area contributed by atoms with Crippen LogP contribution in [0.15, 0.2) is 24.3 Å². The molecule has 0 amide bonds. The molecule has 1 unspecified atom stereocenters. The number of nitrogens with one attached hydrogen (secondary N) is 1. The van der Waals surface area contributed by atoms with E-state index in [1.165, 1.54) is 6.07 Å². The van der Waals surface area contributed by atoms with Gasteiger partial charge in [0.05, 0.1) is 11.1 Å². The van der Waals surface area contributed by atoms with Crippen LogP contribution in [0.1, 0.15) is 24.1 Å². The Bertz CT molecular complexity index is 764. The molecule has 0 radical (unpaired) electrons. The van der Waals surface area contributed by atoms with Gasteiger partial charge < -0.3 is 15.3 Å². The summed E-state index contributed by atoms with van der Waals surface area (Å²) in [6.45, 7) is 5.44. The first-order chi connectivity index (χ1) is 12.4. The standard InChI is InChI=1S/C19H24F3N3O/c1-13-9-17(23-6-8-25-7-2-3-14(11-25)12-26)16-5-4-15(19(20,21)22)10-18(16)24-13/h4-5,9-10,14,26H,2-3,6-8,11-12H2,1H3,(H,23,24). The Hall–Kier alpha value is -1.86. The Kier molecular flexibility index (Phi) is 5.67. The van der Waals surface area contributed by atoms with Gasteiger partial charge in [-0.15, -0.1) is 0 Å². The van der Waals surface area contributed by atoms with Crippen molar-refractivity contribution in [2.45, 2.75) is 25.9 Å². The summed E-state index contributed by atoms with van der Waals surface area (Å²) >= 11 is 0. The van der Waals surface area contributed by atoms with Gasteiger partial charge in [0, 0.05) is 43.0 Å². The van der Waals surface area contributed by atoms with Crippen molar-refractivity contribution in [3.05, 3.63) is 35.5 Å². The van der Waals surface area contributed by atoms with Crippen LogP contribution in [0.3, 0.4) is 0 Å². The molecule has 1 aromatic heterocycles. The Morgan fingerprint density at radius 3 is 2.85 bits per heavy atom. The molecule has 1 aromatic carbocycles. The van der Waals surface area contributed by atoms with Crippen LogP contribution in [-0.4, -0.2) is 47.8 Å². The number of piperidine rings is 1. The van der Waals surface area contributed by atoms with Crippen molar-refractivity contribution < 1.29 is 18.3 Å². The third-order valence-corrected chi connectivity index (χ3v) is 4.87. The van der Waals surface area contributed by atoms with Crippen LogP contribution in [0, 0.1) is 12.8 Å². The number of aryl methyl sites for hydroxylation is 1. The second kappa shape index (κ2) is 7.80. The summed E-state index contributed by atoms with van der Waals surface area (Å²) in [6, 6.07) is 5.54. The average Bonchev–Trinajstić information content (AvgIpc) is 2.60. The fraction of sp³-hybridized carbons (Fsp3) is 0.526. The molecule has 0 saturated carbocycles. The van der Waals surface area contributed by atoms with Gasteiger partial charge in [0.1, 0.15) is 0 Å². The molecule has 0 spiro atoms. The highest BCUT2D eigenvalue weighted by Crippen LogP contribution is 2.33. The van der Waals surface area contributed by atoms with E-state index in [1.807, 2.05) is 6.07 Å². The van der Waals surface area contributed by atoms with E-state index in [4.69, 9.17) is 0 Å². The summed E-state index contributed by atoms with van der Waals surface area (Å²) in [7, 11) is 0. The molecule has 1 aliphatic rings. The van der Waals surface area contributed by atoms with Gasteiger partial charge in [0.2, 0.25) is 0 Å². The predicted octanol–water partition coefficient (Wildman–Crippen LogP) is 3.68. The predicted molar refractivity (Wildman–Crippen MR) is 96.2 cm³/mol. The van der Waals surface area contributed by atoms with Crippen molar-refractivity contribution in [1.29, 1.82) is 0 Å². The van der Waals surface area contributed by atoms with Crippen LogP contribution in [0.5, 0.6) is 0 Å². The molecule has 2 heterocycles. The number of likely N-dealkylation sites (tertiary alicyclic amines) is 1. The van der Waals surface area contributed by atoms with Crippen molar-refractivity contribution >= 4 is 16.6 Å². The molecule has 2 aromatic rings. The summed E-state index contributed by atoms with van der Waals surface area (Å²) in [4.78, 5) is 6.57. The molecule has 0 aliphatic carbocycles. The molecular weight excluding hydrogens is 343 g/mol. The zero-order valence-corrected chi connectivity index (χ0v) is 14.8. The molecule has 1 saturated heterocycles. The minimum atomic E-state index is -4.37. The topological polar surface area (TPSA) is 48.4 Å². The number of fused-ring (bicyclic) bond motifs is 1. The lowest BCUT2D eigenvalue weighted by Gasteiger charge is -2.31. The van der Waals surface area contributed by atoms with Crippen molar-refractivity contribution in [2.24, 2.45) is 5.92 Å². The molecule has 2 N–H and O–H groups in total. The van der Waals surface area contributed by atoms with Gasteiger partial charge in [-0.25, -0.2) is 0 Å². The molecule has 7 heteroatoms. The molecule has 4 nitrogen and oxygen atoms in total. The lowest BCUT2D eigenvalue weighted by atomic mass is 9.99. The number of benzene rings is 1. The quantitative estimate of drug-likeness (QED) is 0.846. The third-order valence-electron chi connectivity index (χ3n) is 4.87. The van der Waals surface area contributed by atoms with Gasteiger partial charge in [0.15, 0.2) is 0 Å². The second-order valence-electron chi connectivity index (χ2n) is 6.96. The fourth-order valence-electron chi connectivity index (χ4n) is 3.54. The Labute approximate surface area is 151 Å². The van der Waals surface area contributed by atoms with E-state index in [-0.39, 0.29) is 6.61 Å². The summed E-state index contributed by atoms with van der Waals surface area (Å²) in [6.07, 6.45) is -2.22. The maximum atomic E-state index is 12.9. The Morgan fingerprint density at radius 2 is 2.12 bits per heavy atom. The number of hydrogen-bond acceptors (Lipinski definition) is 4. The van der Waals surface area contributed by atoms with Gasteiger partial charge >= 0.3 is 6.18 Å². The van der Waals surface area contributed by atoms with E-state index >= 15 is 0 Å². The zero-order valence-electron chi connectivity index (χ0n) is 14.8. The van der Waals surface area contributed by atoms with Crippen molar-refractivity contribution in [3.63, 3.8) is 0 Å².